The lowest BCUT2D eigenvalue weighted by atomic mass is 9.85. The van der Waals surface area contributed by atoms with E-state index in [4.69, 9.17) is 18.9 Å². The number of hydrogen-bond donors (Lipinski definition) is 0. The van der Waals surface area contributed by atoms with Crippen molar-refractivity contribution in [1.82, 2.24) is 0 Å². The molecular formula is C30H32O6S. The molecule has 1 aliphatic rings. The molecule has 0 aliphatic carbocycles. The lowest BCUT2D eigenvalue weighted by Gasteiger charge is -2.19. The summed E-state index contributed by atoms with van der Waals surface area (Å²) in [4.78, 5) is 25.5. The van der Waals surface area contributed by atoms with E-state index in [9.17, 15) is 9.59 Å². The second-order valence-electron chi connectivity index (χ2n) is 9.27. The Bertz CT molecular complexity index is 1300. The van der Waals surface area contributed by atoms with Gasteiger partial charge >= 0.3 is 5.97 Å². The van der Waals surface area contributed by atoms with Gasteiger partial charge in [0.2, 0.25) is 0 Å². The molecule has 2 atom stereocenters. The van der Waals surface area contributed by atoms with E-state index in [0.717, 1.165) is 34.4 Å². The average Bonchev–Trinajstić information content (AvgIpc) is 3.24. The van der Waals surface area contributed by atoms with Crippen LogP contribution in [0.1, 0.15) is 32.6 Å². The minimum Gasteiger partial charge on any atom is -0.493 e. The van der Waals surface area contributed by atoms with Gasteiger partial charge in [0.25, 0.3) is 0 Å². The monoisotopic (exact) mass is 520 g/mol. The lowest BCUT2D eigenvalue weighted by Crippen LogP contribution is -2.20. The quantitative estimate of drug-likeness (QED) is 0.259. The van der Waals surface area contributed by atoms with Crippen LogP contribution in [0, 0.1) is 25.7 Å². The molecule has 1 saturated heterocycles. The Balaban J connectivity index is 1.48. The topological polar surface area (TPSA) is 71.1 Å². The number of carbonyl (C=O) groups is 2. The van der Waals surface area contributed by atoms with Crippen LogP contribution in [0.3, 0.4) is 0 Å². The average molecular weight is 521 g/mol. The van der Waals surface area contributed by atoms with Crippen molar-refractivity contribution < 1.29 is 28.5 Å². The van der Waals surface area contributed by atoms with Crippen molar-refractivity contribution in [3.05, 3.63) is 82.4 Å². The van der Waals surface area contributed by atoms with Gasteiger partial charge in [0, 0.05) is 11.7 Å². The van der Waals surface area contributed by atoms with Gasteiger partial charge in [0.1, 0.15) is 0 Å². The summed E-state index contributed by atoms with van der Waals surface area (Å²) in [5, 5.41) is 0.203. The molecule has 3 aromatic carbocycles. The number of hydrogen-bond acceptors (Lipinski definition) is 7. The number of carbonyl (C=O) groups excluding carboxylic acids is 2. The van der Waals surface area contributed by atoms with Gasteiger partial charge in [-0.3, -0.25) is 4.79 Å². The van der Waals surface area contributed by atoms with Gasteiger partial charge in [-0.1, -0.05) is 30.0 Å². The second-order valence-corrected chi connectivity index (χ2v) is 10.3. The van der Waals surface area contributed by atoms with Crippen LogP contribution in [0.4, 0.5) is 0 Å². The summed E-state index contributed by atoms with van der Waals surface area (Å²) in [6.07, 6.45) is 1.36. The number of rotatable bonds is 9. The van der Waals surface area contributed by atoms with E-state index in [0.29, 0.717) is 35.0 Å². The van der Waals surface area contributed by atoms with Crippen molar-refractivity contribution in [2.24, 2.45) is 11.8 Å². The van der Waals surface area contributed by atoms with Crippen molar-refractivity contribution >= 4 is 22.8 Å². The van der Waals surface area contributed by atoms with E-state index in [1.807, 2.05) is 56.3 Å². The molecule has 0 N–H and O–H groups in total. The number of methoxy groups -OCH3 is 3. The molecule has 0 unspecified atom stereocenters. The van der Waals surface area contributed by atoms with Crippen LogP contribution in [0.25, 0.3) is 0 Å². The third-order valence-corrected chi connectivity index (χ3v) is 8.07. The zero-order valence-corrected chi connectivity index (χ0v) is 22.6. The molecule has 0 bridgehead atoms. The highest BCUT2D eigenvalue weighted by molar-refractivity contribution is 8.14. The Hall–Kier alpha value is -3.45. The maximum atomic E-state index is 12.8. The molecular weight excluding hydrogens is 488 g/mol. The highest BCUT2D eigenvalue weighted by Crippen LogP contribution is 2.39. The third-order valence-electron chi connectivity index (χ3n) is 6.89. The van der Waals surface area contributed by atoms with Crippen LogP contribution < -0.4 is 18.9 Å². The van der Waals surface area contributed by atoms with E-state index in [1.165, 1.54) is 11.8 Å². The SMILES string of the molecule is COc1ccc(C[C@H]2CSC(=O)[C@@H]2Cc2ccc(OC(=O)c3ccc(C)c(C)c3)c(OC)c2)cc1OC. The molecule has 0 spiro atoms. The number of benzene rings is 3. The standard InChI is InChI=1S/C30H32O6S/c1-18-6-9-22(12-19(18)2)29(31)36-26-11-8-21(16-28(26)35-5)14-24-23(17-37-30(24)32)13-20-7-10-25(33-3)27(15-20)34-4/h6-12,15-16,23-24H,13-14,17H2,1-5H3/t23-,24+/m0/s1. The fourth-order valence-electron chi connectivity index (χ4n) is 4.57. The van der Waals surface area contributed by atoms with Crippen molar-refractivity contribution in [1.29, 1.82) is 0 Å². The van der Waals surface area contributed by atoms with Crippen LogP contribution >= 0.6 is 11.8 Å². The Morgan fingerprint density at radius 1 is 0.784 bits per heavy atom. The van der Waals surface area contributed by atoms with Crippen LogP contribution in [-0.2, 0) is 17.6 Å². The summed E-state index contributed by atoms with van der Waals surface area (Å²) in [5.41, 5.74) is 4.69. The van der Waals surface area contributed by atoms with Gasteiger partial charge in [-0.05, 0) is 91.3 Å². The summed E-state index contributed by atoms with van der Waals surface area (Å²) < 4.78 is 22.0. The summed E-state index contributed by atoms with van der Waals surface area (Å²) in [6.45, 7) is 3.96. The second kappa shape index (κ2) is 11.7. The highest BCUT2D eigenvalue weighted by atomic mass is 32.2. The van der Waals surface area contributed by atoms with Gasteiger partial charge in [0.15, 0.2) is 28.1 Å². The fraction of sp³-hybridized carbons (Fsp3) is 0.333. The highest BCUT2D eigenvalue weighted by Gasteiger charge is 2.35. The van der Waals surface area contributed by atoms with Gasteiger partial charge in [-0.2, -0.15) is 0 Å². The number of aryl methyl sites for hydroxylation is 2. The minimum atomic E-state index is -0.438. The van der Waals surface area contributed by atoms with E-state index in [1.54, 1.807) is 33.5 Å². The van der Waals surface area contributed by atoms with Crippen molar-refractivity contribution in [3.63, 3.8) is 0 Å². The third kappa shape index (κ3) is 6.10. The Morgan fingerprint density at radius 2 is 1.41 bits per heavy atom. The Morgan fingerprint density at radius 3 is 2.05 bits per heavy atom. The van der Waals surface area contributed by atoms with E-state index < -0.39 is 5.97 Å². The van der Waals surface area contributed by atoms with Crippen LogP contribution in [0.5, 0.6) is 23.0 Å². The van der Waals surface area contributed by atoms with Gasteiger partial charge in [-0.25, -0.2) is 4.79 Å². The summed E-state index contributed by atoms with van der Waals surface area (Å²) in [7, 11) is 4.78. The molecule has 0 radical (unpaired) electrons. The molecule has 0 aromatic heterocycles. The Kier molecular flexibility index (Phi) is 8.44. The summed E-state index contributed by atoms with van der Waals surface area (Å²) in [6, 6.07) is 16.9. The van der Waals surface area contributed by atoms with Crippen LogP contribution in [0.15, 0.2) is 54.6 Å². The van der Waals surface area contributed by atoms with Crippen molar-refractivity contribution in [3.8, 4) is 23.0 Å². The normalized spacial score (nSPS) is 16.9. The molecule has 1 aliphatic heterocycles. The van der Waals surface area contributed by atoms with Crippen LogP contribution in [0.2, 0.25) is 0 Å². The first kappa shape index (κ1) is 26.6. The maximum Gasteiger partial charge on any atom is 0.343 e. The minimum absolute atomic E-state index is 0.119. The van der Waals surface area contributed by atoms with Gasteiger partial charge < -0.3 is 18.9 Å². The smallest absolute Gasteiger partial charge is 0.343 e. The molecule has 3 aromatic rings. The fourth-order valence-corrected chi connectivity index (χ4v) is 5.79. The van der Waals surface area contributed by atoms with Gasteiger partial charge in [-0.15, -0.1) is 0 Å². The van der Waals surface area contributed by atoms with E-state index in [2.05, 4.69) is 0 Å². The predicted octanol–water partition coefficient (Wildman–Crippen LogP) is 5.84. The summed E-state index contributed by atoms with van der Waals surface area (Å²) in [5.74, 6) is 2.60. The Labute approximate surface area is 222 Å². The molecule has 0 amide bonds. The first-order valence-corrected chi connectivity index (χ1v) is 13.1. The predicted molar refractivity (Wildman–Crippen MR) is 145 cm³/mol. The number of ether oxygens (including phenoxy) is 4. The molecule has 1 fully saturated rings. The molecule has 7 heteroatoms. The molecule has 4 rings (SSSR count). The number of thioether (sulfide) groups is 1. The zero-order chi connectivity index (χ0) is 26.5. The first-order valence-electron chi connectivity index (χ1n) is 12.2. The number of esters is 1. The molecule has 6 nitrogen and oxygen atoms in total. The summed E-state index contributed by atoms with van der Waals surface area (Å²) >= 11 is 1.40. The van der Waals surface area contributed by atoms with Crippen molar-refractivity contribution in [2.75, 3.05) is 27.1 Å². The lowest BCUT2D eigenvalue weighted by molar-refractivity contribution is -0.114. The molecule has 37 heavy (non-hydrogen) atoms. The van der Waals surface area contributed by atoms with Gasteiger partial charge in [0.05, 0.1) is 26.9 Å². The zero-order valence-electron chi connectivity index (χ0n) is 21.8. The maximum absolute atomic E-state index is 12.8. The van der Waals surface area contributed by atoms with E-state index >= 15 is 0 Å². The first-order chi connectivity index (χ1) is 17.8. The van der Waals surface area contributed by atoms with Crippen LogP contribution in [-0.4, -0.2) is 38.2 Å². The molecule has 194 valence electrons. The largest absolute Gasteiger partial charge is 0.493 e. The van der Waals surface area contributed by atoms with E-state index in [-0.39, 0.29) is 17.0 Å². The molecule has 1 heterocycles. The molecule has 0 saturated carbocycles. The van der Waals surface area contributed by atoms with Crippen molar-refractivity contribution in [2.45, 2.75) is 26.7 Å².